The number of nitrogens with one attached hydrogen (secondary N) is 1. The summed E-state index contributed by atoms with van der Waals surface area (Å²) in [5.41, 5.74) is 5.57. The van der Waals surface area contributed by atoms with Gasteiger partial charge < -0.3 is 15.0 Å². The van der Waals surface area contributed by atoms with Crippen LogP contribution in [0, 0.1) is 0 Å². The fourth-order valence-electron chi connectivity index (χ4n) is 4.42. The van der Waals surface area contributed by atoms with E-state index in [1.165, 1.54) is 18.4 Å². The van der Waals surface area contributed by atoms with Gasteiger partial charge in [-0.1, -0.05) is 30.3 Å². The zero-order valence-corrected chi connectivity index (χ0v) is 18.6. The lowest BCUT2D eigenvalue weighted by Gasteiger charge is -2.29. The van der Waals surface area contributed by atoms with Gasteiger partial charge in [-0.2, -0.15) is 0 Å². The molecule has 0 aliphatic carbocycles. The van der Waals surface area contributed by atoms with Gasteiger partial charge in [-0.05, 0) is 85.9 Å². The average Bonchev–Trinajstić information content (AvgIpc) is 2.85. The van der Waals surface area contributed by atoms with Crippen molar-refractivity contribution < 1.29 is 4.74 Å². The van der Waals surface area contributed by atoms with Crippen LogP contribution in [0.3, 0.4) is 0 Å². The Morgan fingerprint density at radius 2 is 1.69 bits per heavy atom. The molecule has 162 valence electrons. The van der Waals surface area contributed by atoms with Crippen LogP contribution in [0.15, 0.2) is 73.1 Å². The van der Waals surface area contributed by atoms with Gasteiger partial charge in [0.05, 0.1) is 18.3 Å². The number of nitrogens with zero attached hydrogens (tertiary/aromatic N) is 3. The number of aromatic nitrogens is 2. The summed E-state index contributed by atoms with van der Waals surface area (Å²) in [6.45, 7) is 2.32. The lowest BCUT2D eigenvalue weighted by atomic mass is 9.91. The Bertz CT molecular complexity index is 1200. The van der Waals surface area contributed by atoms with E-state index in [2.05, 4.69) is 64.7 Å². The van der Waals surface area contributed by atoms with Crippen LogP contribution in [-0.4, -0.2) is 42.1 Å². The molecule has 5 heteroatoms. The van der Waals surface area contributed by atoms with Gasteiger partial charge in [-0.15, -0.1) is 0 Å². The van der Waals surface area contributed by atoms with Crippen molar-refractivity contribution in [3.63, 3.8) is 0 Å². The molecule has 1 saturated heterocycles. The minimum Gasteiger partial charge on any atom is -0.497 e. The second-order valence-electron chi connectivity index (χ2n) is 8.50. The number of benzene rings is 2. The van der Waals surface area contributed by atoms with Gasteiger partial charge in [0.15, 0.2) is 0 Å². The third kappa shape index (κ3) is 4.30. The maximum Gasteiger partial charge on any atom is 0.130 e. The lowest BCUT2D eigenvalue weighted by molar-refractivity contribution is 0.255. The Kier molecular flexibility index (Phi) is 5.73. The summed E-state index contributed by atoms with van der Waals surface area (Å²) in [6.07, 6.45) is 6.28. The highest BCUT2D eigenvalue weighted by molar-refractivity contribution is 5.95. The van der Waals surface area contributed by atoms with E-state index in [9.17, 15) is 0 Å². The van der Waals surface area contributed by atoms with Crippen LogP contribution < -0.4 is 10.1 Å². The summed E-state index contributed by atoms with van der Waals surface area (Å²) >= 11 is 0. The van der Waals surface area contributed by atoms with E-state index in [1.54, 1.807) is 7.11 Å². The van der Waals surface area contributed by atoms with Crippen molar-refractivity contribution >= 4 is 22.4 Å². The number of pyridine rings is 2. The molecule has 1 N–H and O–H groups in total. The van der Waals surface area contributed by atoms with E-state index >= 15 is 0 Å². The fourth-order valence-corrected chi connectivity index (χ4v) is 4.42. The molecule has 1 aliphatic rings. The number of methoxy groups -OCH3 is 1. The first kappa shape index (κ1) is 20.5. The van der Waals surface area contributed by atoms with Crippen molar-refractivity contribution in [2.45, 2.75) is 18.8 Å². The van der Waals surface area contributed by atoms with E-state index in [0.717, 1.165) is 52.4 Å². The second-order valence-corrected chi connectivity index (χ2v) is 8.50. The zero-order chi connectivity index (χ0) is 21.9. The number of rotatable bonds is 5. The number of fused-ring (bicyclic) bond motifs is 1. The number of ether oxygens (including phenoxy) is 1. The number of piperidine rings is 1. The van der Waals surface area contributed by atoms with Gasteiger partial charge in [-0.25, -0.2) is 4.98 Å². The summed E-state index contributed by atoms with van der Waals surface area (Å²) in [7, 11) is 3.88. The van der Waals surface area contributed by atoms with Crippen LogP contribution in [0.4, 0.5) is 11.5 Å². The molecule has 1 aliphatic heterocycles. The van der Waals surface area contributed by atoms with E-state index in [4.69, 9.17) is 9.72 Å². The number of hydrogen-bond acceptors (Lipinski definition) is 5. The second kappa shape index (κ2) is 8.97. The molecule has 5 rings (SSSR count). The molecule has 0 unspecified atom stereocenters. The molecule has 0 amide bonds. The number of likely N-dealkylation sites (tertiary alicyclic amines) is 1. The lowest BCUT2D eigenvalue weighted by Crippen LogP contribution is -2.29. The van der Waals surface area contributed by atoms with Crippen LogP contribution in [0.2, 0.25) is 0 Å². The Labute approximate surface area is 189 Å². The van der Waals surface area contributed by atoms with Crippen LogP contribution >= 0.6 is 0 Å². The first-order valence-electron chi connectivity index (χ1n) is 11.1. The van der Waals surface area contributed by atoms with Crippen molar-refractivity contribution in [1.82, 2.24) is 14.9 Å². The summed E-state index contributed by atoms with van der Waals surface area (Å²) < 4.78 is 5.27. The summed E-state index contributed by atoms with van der Waals surface area (Å²) in [4.78, 5) is 11.7. The molecule has 0 bridgehead atoms. The number of anilines is 2. The topological polar surface area (TPSA) is 50.3 Å². The highest BCUT2D eigenvalue weighted by Crippen LogP contribution is 2.31. The molecule has 2 aromatic heterocycles. The molecule has 0 spiro atoms. The third-order valence-corrected chi connectivity index (χ3v) is 6.41. The normalized spacial score (nSPS) is 15.1. The SMILES string of the molecule is COc1ccc(-c2ccc3c(Nc4ccc(C5CCN(C)CC5)cn4)ccnc3c2)cc1. The number of hydrogen-bond donors (Lipinski definition) is 1. The van der Waals surface area contributed by atoms with E-state index in [0.29, 0.717) is 5.92 Å². The van der Waals surface area contributed by atoms with Crippen molar-refractivity contribution in [3.8, 4) is 16.9 Å². The summed E-state index contributed by atoms with van der Waals surface area (Å²) in [6, 6.07) is 20.8. The zero-order valence-electron chi connectivity index (χ0n) is 18.6. The van der Waals surface area contributed by atoms with Crippen LogP contribution in [-0.2, 0) is 0 Å². The first-order valence-corrected chi connectivity index (χ1v) is 11.1. The van der Waals surface area contributed by atoms with Crippen molar-refractivity contribution in [3.05, 3.63) is 78.6 Å². The Morgan fingerprint density at radius 1 is 0.906 bits per heavy atom. The van der Waals surface area contributed by atoms with E-state index in [-0.39, 0.29) is 0 Å². The van der Waals surface area contributed by atoms with Crippen LogP contribution in [0.5, 0.6) is 5.75 Å². The minimum atomic E-state index is 0.617. The molecular weight excluding hydrogens is 396 g/mol. The van der Waals surface area contributed by atoms with E-state index in [1.807, 2.05) is 30.6 Å². The standard InChI is InChI=1S/C27H28N4O/c1-31-15-12-20(13-16-31)22-6-10-27(29-18-22)30-25-11-14-28-26-17-21(5-9-24(25)26)19-3-7-23(32-2)8-4-19/h3-11,14,17-18,20H,12-13,15-16H2,1-2H3,(H,28,29,30). The van der Waals surface area contributed by atoms with Crippen molar-refractivity contribution in [1.29, 1.82) is 0 Å². The highest BCUT2D eigenvalue weighted by Gasteiger charge is 2.18. The van der Waals surface area contributed by atoms with Gasteiger partial charge in [-0.3, -0.25) is 4.98 Å². The largest absolute Gasteiger partial charge is 0.497 e. The van der Waals surface area contributed by atoms with Gasteiger partial charge in [0.1, 0.15) is 11.6 Å². The maximum absolute atomic E-state index is 5.27. The Hall–Kier alpha value is -3.44. The molecule has 4 aromatic rings. The molecule has 0 saturated carbocycles. The molecule has 3 heterocycles. The fraction of sp³-hybridized carbons (Fsp3) is 0.259. The van der Waals surface area contributed by atoms with Crippen LogP contribution in [0.1, 0.15) is 24.3 Å². The third-order valence-electron chi connectivity index (χ3n) is 6.41. The van der Waals surface area contributed by atoms with Gasteiger partial charge >= 0.3 is 0 Å². The summed E-state index contributed by atoms with van der Waals surface area (Å²) in [5.74, 6) is 2.33. The highest BCUT2D eigenvalue weighted by atomic mass is 16.5. The molecule has 2 aromatic carbocycles. The molecular formula is C27H28N4O. The van der Waals surface area contributed by atoms with Gasteiger partial charge in [0, 0.05) is 17.8 Å². The first-order chi connectivity index (χ1) is 15.7. The monoisotopic (exact) mass is 424 g/mol. The average molecular weight is 425 g/mol. The summed E-state index contributed by atoms with van der Waals surface area (Å²) in [5, 5.41) is 4.56. The molecule has 32 heavy (non-hydrogen) atoms. The molecule has 0 radical (unpaired) electrons. The minimum absolute atomic E-state index is 0.617. The van der Waals surface area contributed by atoms with Crippen molar-refractivity contribution in [2.24, 2.45) is 0 Å². The molecule has 0 atom stereocenters. The quantitative estimate of drug-likeness (QED) is 0.435. The van der Waals surface area contributed by atoms with Gasteiger partial charge in [0.2, 0.25) is 0 Å². The Balaban J connectivity index is 1.36. The van der Waals surface area contributed by atoms with Crippen LogP contribution in [0.25, 0.3) is 22.0 Å². The van der Waals surface area contributed by atoms with E-state index < -0.39 is 0 Å². The smallest absolute Gasteiger partial charge is 0.130 e. The van der Waals surface area contributed by atoms with Crippen molar-refractivity contribution in [2.75, 3.05) is 32.6 Å². The molecule has 5 nitrogen and oxygen atoms in total. The molecule has 1 fully saturated rings. The predicted molar refractivity (Wildman–Crippen MR) is 131 cm³/mol. The maximum atomic E-state index is 5.27. The predicted octanol–water partition coefficient (Wildman–Crippen LogP) is 5.86. The Morgan fingerprint density at radius 3 is 2.41 bits per heavy atom. The van der Waals surface area contributed by atoms with Gasteiger partial charge in [0.25, 0.3) is 0 Å².